The maximum atomic E-state index is 12.0. The van der Waals surface area contributed by atoms with Crippen molar-refractivity contribution in [2.45, 2.75) is 31.9 Å². The van der Waals surface area contributed by atoms with Crippen LogP contribution in [0.4, 0.5) is 0 Å². The van der Waals surface area contributed by atoms with Crippen LogP contribution in [-0.4, -0.2) is 34.2 Å². The summed E-state index contributed by atoms with van der Waals surface area (Å²) >= 11 is 0. The first-order valence-electron chi connectivity index (χ1n) is 5.59. The van der Waals surface area contributed by atoms with E-state index in [2.05, 4.69) is 10.3 Å². The molecule has 2 unspecified atom stereocenters. The van der Waals surface area contributed by atoms with Crippen LogP contribution < -0.4 is 5.32 Å². The largest absolute Gasteiger partial charge is 0.506 e. The van der Waals surface area contributed by atoms with E-state index in [1.807, 2.05) is 13.8 Å². The first-order valence-corrected chi connectivity index (χ1v) is 5.59. The van der Waals surface area contributed by atoms with Crippen molar-refractivity contribution in [1.29, 1.82) is 0 Å². The van der Waals surface area contributed by atoms with Gasteiger partial charge in [-0.15, -0.1) is 0 Å². The van der Waals surface area contributed by atoms with Crippen LogP contribution in [0.5, 0.6) is 5.75 Å². The third-order valence-electron chi connectivity index (χ3n) is 3.27. The lowest BCUT2D eigenvalue weighted by Gasteiger charge is -2.28. The first-order chi connectivity index (χ1) is 8.01. The Hall–Kier alpha value is -1.62. The van der Waals surface area contributed by atoms with Crippen LogP contribution in [0.25, 0.3) is 0 Å². The first kappa shape index (κ1) is 11.9. The highest BCUT2D eigenvalue weighted by molar-refractivity contribution is 5.94. The lowest BCUT2D eigenvalue weighted by molar-refractivity contribution is 0.0727. The number of hydrogen-bond donors (Lipinski definition) is 2. The molecule has 1 aromatic heterocycles. The molecule has 1 amide bonds. The van der Waals surface area contributed by atoms with Crippen molar-refractivity contribution in [3.05, 3.63) is 24.0 Å². The highest BCUT2D eigenvalue weighted by Gasteiger charge is 2.38. The second kappa shape index (κ2) is 4.33. The van der Waals surface area contributed by atoms with Gasteiger partial charge < -0.3 is 15.2 Å². The highest BCUT2D eigenvalue weighted by atomic mass is 16.5. The van der Waals surface area contributed by atoms with E-state index in [1.165, 1.54) is 18.5 Å². The van der Waals surface area contributed by atoms with Gasteiger partial charge in [0.25, 0.3) is 5.91 Å². The van der Waals surface area contributed by atoms with Gasteiger partial charge in [-0.2, -0.15) is 0 Å². The zero-order valence-corrected chi connectivity index (χ0v) is 9.93. The number of nitrogens with one attached hydrogen (secondary N) is 1. The van der Waals surface area contributed by atoms with E-state index in [4.69, 9.17) is 4.74 Å². The number of carbonyl (C=O) groups is 1. The Morgan fingerprint density at radius 2 is 2.41 bits per heavy atom. The predicted molar refractivity (Wildman–Crippen MR) is 61.8 cm³/mol. The standard InChI is InChI=1S/C12H16N2O3/c1-8-12(2,3-4-17-8)14-11(16)9-5-10(15)7-13-6-9/h5-8,15H,3-4H2,1-2H3,(H,14,16). The molecule has 5 nitrogen and oxygen atoms in total. The number of carbonyl (C=O) groups excluding carboxylic acids is 1. The summed E-state index contributed by atoms with van der Waals surface area (Å²) in [6.07, 6.45) is 3.49. The molecule has 0 radical (unpaired) electrons. The molecule has 2 rings (SSSR count). The van der Waals surface area contributed by atoms with Gasteiger partial charge in [-0.05, 0) is 26.3 Å². The zero-order chi connectivity index (χ0) is 12.5. The molecule has 2 N–H and O–H groups in total. The third kappa shape index (κ3) is 2.39. The van der Waals surface area contributed by atoms with Crippen molar-refractivity contribution in [1.82, 2.24) is 10.3 Å². The van der Waals surface area contributed by atoms with Gasteiger partial charge in [-0.25, -0.2) is 0 Å². The van der Waals surface area contributed by atoms with Crippen LogP contribution in [0.3, 0.4) is 0 Å². The predicted octanol–water partition coefficient (Wildman–Crippen LogP) is 1.08. The number of aromatic nitrogens is 1. The molecule has 17 heavy (non-hydrogen) atoms. The van der Waals surface area contributed by atoms with Crippen LogP contribution in [0, 0.1) is 0 Å². The normalized spacial score (nSPS) is 28.0. The molecule has 0 saturated carbocycles. The van der Waals surface area contributed by atoms with Crippen LogP contribution in [0.1, 0.15) is 30.6 Å². The summed E-state index contributed by atoms with van der Waals surface area (Å²) in [6, 6.07) is 1.40. The Kier molecular flexibility index (Phi) is 3.02. The minimum absolute atomic E-state index is 0.0153. The molecular weight excluding hydrogens is 220 g/mol. The molecule has 2 heterocycles. The number of pyridine rings is 1. The zero-order valence-electron chi connectivity index (χ0n) is 9.93. The molecule has 2 atom stereocenters. The van der Waals surface area contributed by atoms with E-state index in [0.29, 0.717) is 12.2 Å². The van der Waals surface area contributed by atoms with E-state index in [1.54, 1.807) is 0 Å². The molecule has 1 saturated heterocycles. The molecule has 0 spiro atoms. The highest BCUT2D eigenvalue weighted by Crippen LogP contribution is 2.25. The molecule has 1 aromatic rings. The Balaban J connectivity index is 2.12. The molecule has 1 fully saturated rings. The summed E-state index contributed by atoms with van der Waals surface area (Å²) in [4.78, 5) is 15.8. The van der Waals surface area contributed by atoms with Crippen molar-refractivity contribution < 1.29 is 14.6 Å². The molecule has 0 bridgehead atoms. The van der Waals surface area contributed by atoms with Gasteiger partial charge in [0, 0.05) is 12.8 Å². The van der Waals surface area contributed by atoms with Gasteiger partial charge in [0.05, 0.1) is 23.4 Å². The lowest BCUT2D eigenvalue weighted by atomic mass is 9.94. The summed E-state index contributed by atoms with van der Waals surface area (Å²) in [7, 11) is 0. The van der Waals surface area contributed by atoms with Crippen molar-refractivity contribution in [2.24, 2.45) is 0 Å². The summed E-state index contributed by atoms with van der Waals surface area (Å²) in [6.45, 7) is 4.54. The summed E-state index contributed by atoms with van der Waals surface area (Å²) in [5.41, 5.74) is -0.00643. The summed E-state index contributed by atoms with van der Waals surface area (Å²) in [5, 5.41) is 12.2. The van der Waals surface area contributed by atoms with Gasteiger partial charge in [0.2, 0.25) is 0 Å². The topological polar surface area (TPSA) is 71.5 Å². The monoisotopic (exact) mass is 236 g/mol. The molecule has 1 aliphatic heterocycles. The summed E-state index contributed by atoms with van der Waals surface area (Å²) < 4.78 is 5.45. The fraction of sp³-hybridized carbons (Fsp3) is 0.500. The number of rotatable bonds is 2. The molecular formula is C12H16N2O3. The van der Waals surface area contributed by atoms with E-state index < -0.39 is 0 Å². The van der Waals surface area contributed by atoms with Gasteiger partial charge in [0.1, 0.15) is 5.75 Å². The minimum Gasteiger partial charge on any atom is -0.506 e. The second-order valence-electron chi connectivity index (χ2n) is 4.57. The van der Waals surface area contributed by atoms with E-state index in [0.717, 1.165) is 6.42 Å². The Bertz CT molecular complexity index is 436. The maximum absolute atomic E-state index is 12.0. The Morgan fingerprint density at radius 1 is 1.65 bits per heavy atom. The average molecular weight is 236 g/mol. The minimum atomic E-state index is -0.359. The van der Waals surface area contributed by atoms with E-state index in [9.17, 15) is 9.90 Å². The van der Waals surface area contributed by atoms with Gasteiger partial charge in [-0.3, -0.25) is 9.78 Å². The number of aromatic hydroxyl groups is 1. The van der Waals surface area contributed by atoms with Gasteiger partial charge in [0.15, 0.2) is 0 Å². The molecule has 92 valence electrons. The number of amides is 1. The van der Waals surface area contributed by atoms with Crippen LogP contribution in [0.15, 0.2) is 18.5 Å². The fourth-order valence-electron chi connectivity index (χ4n) is 1.88. The van der Waals surface area contributed by atoms with Crippen molar-refractivity contribution >= 4 is 5.91 Å². The number of ether oxygens (including phenoxy) is 1. The second-order valence-corrected chi connectivity index (χ2v) is 4.57. The molecule has 0 aromatic carbocycles. The Morgan fingerprint density at radius 3 is 3.00 bits per heavy atom. The van der Waals surface area contributed by atoms with E-state index >= 15 is 0 Å². The Labute approximate surface area is 99.8 Å². The smallest absolute Gasteiger partial charge is 0.253 e. The number of hydrogen-bond acceptors (Lipinski definition) is 4. The van der Waals surface area contributed by atoms with Crippen LogP contribution >= 0.6 is 0 Å². The van der Waals surface area contributed by atoms with E-state index in [-0.39, 0.29) is 23.3 Å². The fourth-order valence-corrected chi connectivity index (χ4v) is 1.88. The molecule has 0 aliphatic carbocycles. The van der Waals surface area contributed by atoms with Crippen LogP contribution in [0.2, 0.25) is 0 Å². The third-order valence-corrected chi connectivity index (χ3v) is 3.27. The van der Waals surface area contributed by atoms with Gasteiger partial charge in [-0.1, -0.05) is 0 Å². The average Bonchev–Trinajstić information content (AvgIpc) is 2.59. The number of nitrogens with zero attached hydrogens (tertiary/aromatic N) is 1. The van der Waals surface area contributed by atoms with Gasteiger partial charge >= 0.3 is 0 Å². The SMILES string of the molecule is CC1OCCC1(C)NC(=O)c1cncc(O)c1. The maximum Gasteiger partial charge on any atom is 0.253 e. The van der Waals surface area contributed by atoms with Crippen molar-refractivity contribution in [3.8, 4) is 5.75 Å². The molecule has 1 aliphatic rings. The van der Waals surface area contributed by atoms with Crippen molar-refractivity contribution in [3.63, 3.8) is 0 Å². The lowest BCUT2D eigenvalue weighted by Crippen LogP contribution is -2.50. The van der Waals surface area contributed by atoms with Crippen molar-refractivity contribution in [2.75, 3.05) is 6.61 Å². The van der Waals surface area contributed by atoms with Crippen LogP contribution in [-0.2, 0) is 4.74 Å². The summed E-state index contributed by atoms with van der Waals surface area (Å²) in [5.74, 6) is -0.258. The quantitative estimate of drug-likeness (QED) is 0.806. The molecule has 5 heteroatoms.